The Bertz CT molecular complexity index is 569. The van der Waals surface area contributed by atoms with E-state index in [0.717, 1.165) is 0 Å². The van der Waals surface area contributed by atoms with Crippen molar-refractivity contribution in [3.63, 3.8) is 0 Å². The van der Waals surface area contributed by atoms with Gasteiger partial charge in [0.05, 0.1) is 20.6 Å². The fourth-order valence-corrected chi connectivity index (χ4v) is 2.97. The number of hydrogen-bond donors (Lipinski definition) is 5. The van der Waals surface area contributed by atoms with Gasteiger partial charge in [-0.15, -0.1) is 0 Å². The SMILES string of the molecule is COC(=O)CC(c1cc(O)c(O)c(OC)c1)C1C(C)NNC1O. The predicted molar refractivity (Wildman–Crippen MR) is 80.9 cm³/mol. The average Bonchev–Trinajstić information content (AvgIpc) is 2.86. The van der Waals surface area contributed by atoms with Crippen LogP contribution in [-0.2, 0) is 9.53 Å². The van der Waals surface area contributed by atoms with Crippen LogP contribution in [-0.4, -0.2) is 47.8 Å². The van der Waals surface area contributed by atoms with E-state index in [1.54, 1.807) is 6.07 Å². The summed E-state index contributed by atoms with van der Waals surface area (Å²) in [6.07, 6.45) is -0.860. The molecule has 0 spiro atoms. The van der Waals surface area contributed by atoms with Gasteiger partial charge in [-0.3, -0.25) is 10.2 Å². The molecule has 0 saturated carbocycles. The van der Waals surface area contributed by atoms with Gasteiger partial charge < -0.3 is 24.8 Å². The Morgan fingerprint density at radius 2 is 2.00 bits per heavy atom. The average molecular weight is 326 g/mol. The molecule has 128 valence electrons. The lowest BCUT2D eigenvalue weighted by Gasteiger charge is -2.28. The lowest BCUT2D eigenvalue weighted by Crippen LogP contribution is -2.33. The topological polar surface area (TPSA) is 120 Å². The van der Waals surface area contributed by atoms with E-state index in [2.05, 4.69) is 10.9 Å². The molecule has 5 N–H and O–H groups in total. The third kappa shape index (κ3) is 3.49. The van der Waals surface area contributed by atoms with Crippen molar-refractivity contribution >= 4 is 5.97 Å². The molecule has 0 aromatic heterocycles. The lowest BCUT2D eigenvalue weighted by atomic mass is 9.79. The van der Waals surface area contributed by atoms with Crippen LogP contribution in [0.3, 0.4) is 0 Å². The number of hydrogen-bond acceptors (Lipinski definition) is 8. The van der Waals surface area contributed by atoms with Gasteiger partial charge in [0.2, 0.25) is 5.75 Å². The fourth-order valence-electron chi connectivity index (χ4n) is 2.97. The van der Waals surface area contributed by atoms with Crippen molar-refractivity contribution in [1.82, 2.24) is 10.9 Å². The van der Waals surface area contributed by atoms with E-state index in [1.807, 2.05) is 6.92 Å². The Morgan fingerprint density at radius 3 is 2.52 bits per heavy atom. The molecule has 0 bridgehead atoms. The van der Waals surface area contributed by atoms with Gasteiger partial charge in [-0.1, -0.05) is 0 Å². The molecule has 4 unspecified atom stereocenters. The smallest absolute Gasteiger partial charge is 0.306 e. The van der Waals surface area contributed by atoms with Gasteiger partial charge in [0.25, 0.3) is 0 Å². The normalized spacial score (nSPS) is 25.1. The highest BCUT2D eigenvalue weighted by molar-refractivity contribution is 5.70. The Hall–Kier alpha value is -2.03. The molecule has 1 aliphatic rings. The molecular formula is C15H22N2O6. The number of ether oxygens (including phenoxy) is 2. The molecular weight excluding hydrogens is 304 g/mol. The number of aromatic hydroxyl groups is 2. The molecule has 1 aliphatic heterocycles. The minimum atomic E-state index is -0.874. The van der Waals surface area contributed by atoms with Crippen molar-refractivity contribution in [2.45, 2.75) is 31.5 Å². The van der Waals surface area contributed by atoms with Crippen LogP contribution < -0.4 is 15.6 Å². The standard InChI is InChI=1S/C15H22N2O6/c1-7-13(15(21)17-16-7)9(6-12(19)23-3)8-4-10(18)14(20)11(5-8)22-2/h4-5,7,9,13,15-18,20-21H,6H2,1-3H3. The Morgan fingerprint density at radius 1 is 1.30 bits per heavy atom. The van der Waals surface area contributed by atoms with Gasteiger partial charge >= 0.3 is 5.97 Å². The van der Waals surface area contributed by atoms with Crippen molar-refractivity contribution in [2.75, 3.05) is 14.2 Å². The van der Waals surface area contributed by atoms with E-state index in [1.165, 1.54) is 20.3 Å². The van der Waals surface area contributed by atoms with Crippen molar-refractivity contribution in [1.29, 1.82) is 0 Å². The molecule has 8 heteroatoms. The van der Waals surface area contributed by atoms with E-state index in [9.17, 15) is 20.1 Å². The fraction of sp³-hybridized carbons (Fsp3) is 0.533. The Balaban J connectivity index is 2.45. The number of hydrazine groups is 1. The number of aliphatic hydroxyl groups is 1. The highest BCUT2D eigenvalue weighted by atomic mass is 16.5. The first-order valence-corrected chi connectivity index (χ1v) is 7.24. The molecule has 2 rings (SSSR count). The van der Waals surface area contributed by atoms with Crippen LogP contribution in [0, 0.1) is 5.92 Å². The quantitative estimate of drug-likeness (QED) is 0.384. The molecule has 0 amide bonds. The Kier molecular flexibility index (Phi) is 5.30. The van der Waals surface area contributed by atoms with Gasteiger partial charge in [-0.2, -0.15) is 0 Å². The maximum atomic E-state index is 11.8. The first-order valence-electron chi connectivity index (χ1n) is 7.24. The third-order valence-corrected chi connectivity index (χ3v) is 4.20. The number of rotatable bonds is 5. The molecule has 1 saturated heterocycles. The van der Waals surface area contributed by atoms with E-state index in [4.69, 9.17) is 9.47 Å². The summed E-state index contributed by atoms with van der Waals surface area (Å²) in [6.45, 7) is 1.87. The van der Waals surface area contributed by atoms with Crippen LogP contribution in [0.5, 0.6) is 17.2 Å². The second kappa shape index (κ2) is 7.03. The number of phenols is 2. The maximum Gasteiger partial charge on any atom is 0.306 e. The number of carbonyl (C=O) groups is 1. The summed E-state index contributed by atoms with van der Waals surface area (Å²) >= 11 is 0. The molecule has 1 heterocycles. The number of aliphatic hydroxyl groups excluding tert-OH is 1. The second-order valence-electron chi connectivity index (χ2n) is 5.58. The van der Waals surface area contributed by atoms with Crippen molar-refractivity contribution in [2.24, 2.45) is 5.92 Å². The molecule has 8 nitrogen and oxygen atoms in total. The molecule has 1 aromatic carbocycles. The van der Waals surface area contributed by atoms with Gasteiger partial charge in [0, 0.05) is 17.9 Å². The summed E-state index contributed by atoms with van der Waals surface area (Å²) < 4.78 is 9.78. The number of esters is 1. The van der Waals surface area contributed by atoms with Crippen LogP contribution >= 0.6 is 0 Å². The summed E-state index contributed by atoms with van der Waals surface area (Å²) in [5.74, 6) is -1.86. The first kappa shape index (κ1) is 17.3. The minimum Gasteiger partial charge on any atom is -0.504 e. The second-order valence-corrected chi connectivity index (χ2v) is 5.58. The summed E-state index contributed by atoms with van der Waals surface area (Å²) in [5, 5.41) is 29.8. The van der Waals surface area contributed by atoms with E-state index in [0.29, 0.717) is 5.56 Å². The van der Waals surface area contributed by atoms with Crippen LogP contribution in [0.1, 0.15) is 24.8 Å². The van der Waals surface area contributed by atoms with Crippen LogP contribution in [0.4, 0.5) is 0 Å². The highest BCUT2D eigenvalue weighted by Gasteiger charge is 2.40. The summed E-state index contributed by atoms with van der Waals surface area (Å²) in [4.78, 5) is 11.8. The summed E-state index contributed by atoms with van der Waals surface area (Å²) in [7, 11) is 2.66. The molecule has 0 aliphatic carbocycles. The lowest BCUT2D eigenvalue weighted by molar-refractivity contribution is -0.141. The number of phenolic OH excluding ortho intramolecular Hbond substituents is 2. The molecule has 0 radical (unpaired) electrons. The zero-order valence-electron chi connectivity index (χ0n) is 13.2. The van der Waals surface area contributed by atoms with Crippen LogP contribution in [0.2, 0.25) is 0 Å². The number of carbonyl (C=O) groups excluding carboxylic acids is 1. The van der Waals surface area contributed by atoms with Crippen molar-refractivity contribution < 1.29 is 29.6 Å². The third-order valence-electron chi connectivity index (χ3n) is 4.20. The van der Waals surface area contributed by atoms with E-state index in [-0.39, 0.29) is 35.6 Å². The molecule has 4 atom stereocenters. The van der Waals surface area contributed by atoms with Crippen molar-refractivity contribution in [3.05, 3.63) is 17.7 Å². The van der Waals surface area contributed by atoms with Crippen LogP contribution in [0.25, 0.3) is 0 Å². The number of benzene rings is 1. The summed E-state index contributed by atoms with van der Waals surface area (Å²) in [6, 6.07) is 2.78. The predicted octanol–water partition coefficient (Wildman–Crippen LogP) is 0.184. The van der Waals surface area contributed by atoms with E-state index >= 15 is 0 Å². The molecule has 1 aromatic rings. The monoisotopic (exact) mass is 326 g/mol. The van der Waals surface area contributed by atoms with Crippen LogP contribution in [0.15, 0.2) is 12.1 Å². The maximum absolute atomic E-state index is 11.8. The molecule has 1 fully saturated rings. The van der Waals surface area contributed by atoms with Crippen molar-refractivity contribution in [3.8, 4) is 17.2 Å². The Labute approximate surface area is 134 Å². The molecule has 23 heavy (non-hydrogen) atoms. The minimum absolute atomic E-state index is 0.0132. The zero-order valence-corrected chi connectivity index (χ0v) is 13.2. The highest BCUT2D eigenvalue weighted by Crippen LogP contribution is 2.42. The number of nitrogens with one attached hydrogen (secondary N) is 2. The van der Waals surface area contributed by atoms with Gasteiger partial charge in [0.15, 0.2) is 11.5 Å². The first-order chi connectivity index (χ1) is 10.9. The zero-order chi connectivity index (χ0) is 17.1. The van der Waals surface area contributed by atoms with Gasteiger partial charge in [-0.25, -0.2) is 5.43 Å². The van der Waals surface area contributed by atoms with Gasteiger partial charge in [0.1, 0.15) is 6.23 Å². The largest absolute Gasteiger partial charge is 0.504 e. The van der Waals surface area contributed by atoms with E-state index < -0.39 is 18.1 Å². The van der Waals surface area contributed by atoms with Gasteiger partial charge in [-0.05, 0) is 24.6 Å². The number of methoxy groups -OCH3 is 2. The summed E-state index contributed by atoms with van der Waals surface area (Å²) in [5.41, 5.74) is 6.21.